The van der Waals surface area contributed by atoms with E-state index in [-0.39, 0.29) is 42.7 Å². The van der Waals surface area contributed by atoms with Crippen LogP contribution in [0.15, 0.2) is 82.9 Å². The van der Waals surface area contributed by atoms with Crippen molar-refractivity contribution in [2.45, 2.75) is 84.0 Å². The number of nitrogen functional groups attached to an aromatic ring is 1. The highest BCUT2D eigenvalue weighted by molar-refractivity contribution is 6.07. The van der Waals surface area contributed by atoms with Crippen LogP contribution in [0.5, 0.6) is 0 Å². The van der Waals surface area contributed by atoms with Gasteiger partial charge in [-0.3, -0.25) is 24.6 Å². The minimum absolute atomic E-state index is 0.104. The summed E-state index contributed by atoms with van der Waals surface area (Å²) in [5.74, 6) is 0.305. The van der Waals surface area contributed by atoms with E-state index in [1.807, 2.05) is 39.8 Å². The van der Waals surface area contributed by atoms with Crippen molar-refractivity contribution >= 4 is 35.5 Å². The molecule has 1 aromatic heterocycles. The zero-order valence-electron chi connectivity index (χ0n) is 29.8. The predicted molar refractivity (Wildman–Crippen MR) is 195 cm³/mol. The molecule has 0 radical (unpaired) electrons. The number of allylic oxidation sites excluding steroid dienone is 1. The number of hydrogen-bond donors (Lipinski definition) is 2. The van der Waals surface area contributed by atoms with Crippen LogP contribution >= 0.6 is 0 Å². The van der Waals surface area contributed by atoms with Crippen molar-refractivity contribution in [3.05, 3.63) is 89.7 Å². The molecule has 2 unspecified atom stereocenters. The fourth-order valence-corrected chi connectivity index (χ4v) is 5.59. The molecule has 1 aliphatic heterocycles. The number of piperidine rings is 1. The molecule has 2 heterocycles. The maximum absolute atomic E-state index is 13.8. The van der Waals surface area contributed by atoms with E-state index < -0.39 is 29.9 Å². The molecule has 2 atom stereocenters. The summed E-state index contributed by atoms with van der Waals surface area (Å²) in [6.45, 7) is 15.0. The van der Waals surface area contributed by atoms with Gasteiger partial charge in [-0.25, -0.2) is 0 Å². The van der Waals surface area contributed by atoms with E-state index in [4.69, 9.17) is 25.9 Å². The lowest BCUT2D eigenvalue weighted by Gasteiger charge is -2.39. The van der Waals surface area contributed by atoms with Gasteiger partial charge in [0.15, 0.2) is 5.78 Å². The number of carbonyl (C=O) groups excluding carboxylic acids is 2. The Morgan fingerprint density at radius 1 is 1.16 bits per heavy atom. The molecular weight excluding hydrogens is 661 g/mol. The SMILES string of the molecule is C=CC(=O)C(C)C.C=N/C=C\OCCOC(CC)/C(N)=C1/C(=Nc2ccc(C3CC3)cc2)CCN(C(=O)c2cnc(C(F)(F)F)cc2N)C1CC. The molecular formula is C38H49F3N6O4. The molecule has 10 nitrogen and oxygen atoms in total. The van der Waals surface area contributed by atoms with Gasteiger partial charge in [0.25, 0.3) is 5.91 Å². The zero-order valence-corrected chi connectivity index (χ0v) is 29.8. The number of nitrogens with zero attached hydrogens (tertiary/aromatic N) is 4. The molecule has 4 N–H and O–H groups in total. The van der Waals surface area contributed by atoms with Crippen molar-refractivity contribution in [1.82, 2.24) is 9.88 Å². The molecule has 1 amide bonds. The molecule has 51 heavy (non-hydrogen) atoms. The van der Waals surface area contributed by atoms with Gasteiger partial charge in [-0.2, -0.15) is 13.2 Å². The van der Waals surface area contributed by atoms with Crippen molar-refractivity contribution in [3.8, 4) is 0 Å². The number of hydrogen-bond acceptors (Lipinski definition) is 9. The van der Waals surface area contributed by atoms with Crippen molar-refractivity contribution in [2.24, 2.45) is 21.6 Å². The summed E-state index contributed by atoms with van der Waals surface area (Å²) in [5, 5.41) is 0. The van der Waals surface area contributed by atoms with E-state index in [0.29, 0.717) is 42.5 Å². The normalized spacial score (nSPS) is 18.6. The first-order chi connectivity index (χ1) is 24.3. The summed E-state index contributed by atoms with van der Waals surface area (Å²) in [7, 11) is 0. The monoisotopic (exact) mass is 710 g/mol. The number of benzene rings is 1. The molecule has 1 saturated heterocycles. The van der Waals surface area contributed by atoms with Crippen LogP contribution in [0.3, 0.4) is 0 Å². The fraction of sp³-hybridized carbons (Fsp3) is 0.447. The third-order valence-corrected chi connectivity index (χ3v) is 8.50. The van der Waals surface area contributed by atoms with Gasteiger partial charge in [-0.05, 0) is 68.2 Å². The minimum Gasteiger partial charge on any atom is -0.497 e. The van der Waals surface area contributed by atoms with Crippen LogP contribution in [0.2, 0.25) is 0 Å². The van der Waals surface area contributed by atoms with Crippen molar-refractivity contribution in [2.75, 3.05) is 25.5 Å². The molecule has 13 heteroatoms. The highest BCUT2D eigenvalue weighted by Crippen LogP contribution is 2.40. The van der Waals surface area contributed by atoms with E-state index in [1.165, 1.54) is 36.9 Å². The van der Waals surface area contributed by atoms with E-state index in [0.717, 1.165) is 17.6 Å². The third kappa shape index (κ3) is 11.4. The lowest BCUT2D eigenvalue weighted by molar-refractivity contribution is -0.141. The average Bonchev–Trinajstić information content (AvgIpc) is 3.96. The standard InChI is InChI=1S/C32H39F3N6O3.C6H10O/c1-4-26-29(30(37)27(5-2)44-17-16-43-15-13-38-3)25(40-22-10-8-21(9-11-22)20-6-7-20)12-14-41(26)31(42)23-19-39-28(18-24(23)36)32(33,34)35;1-4-6(7)5(2)3/h8-11,13,15,18-20,26-27H,3-7,12,14,16-17,37H2,1-2H3,(H2,36,39);4-5H,1H2,2-3H3/b15-13-,30-29+,40-25?;. The minimum atomic E-state index is -4.68. The van der Waals surface area contributed by atoms with Gasteiger partial charge in [-0.15, -0.1) is 0 Å². The van der Waals surface area contributed by atoms with Crippen LogP contribution in [-0.2, 0) is 20.4 Å². The number of aliphatic imine (C=N–C) groups is 2. The number of ketones is 1. The quantitative estimate of drug-likeness (QED) is 0.0891. The molecule has 1 saturated carbocycles. The average molecular weight is 711 g/mol. The second-order valence-electron chi connectivity index (χ2n) is 12.5. The first-order valence-corrected chi connectivity index (χ1v) is 17.1. The van der Waals surface area contributed by atoms with Gasteiger partial charge < -0.3 is 25.8 Å². The van der Waals surface area contributed by atoms with Gasteiger partial charge in [0.1, 0.15) is 18.6 Å². The van der Waals surface area contributed by atoms with Gasteiger partial charge >= 0.3 is 6.18 Å². The predicted octanol–water partition coefficient (Wildman–Crippen LogP) is 7.55. The Balaban J connectivity index is 0.000000908. The molecule has 0 bridgehead atoms. The first kappa shape index (κ1) is 40.6. The Morgan fingerprint density at radius 2 is 1.84 bits per heavy atom. The fourth-order valence-electron chi connectivity index (χ4n) is 5.59. The van der Waals surface area contributed by atoms with Crippen LogP contribution < -0.4 is 11.5 Å². The Labute approximate surface area is 298 Å². The van der Waals surface area contributed by atoms with E-state index >= 15 is 0 Å². The maximum atomic E-state index is 13.8. The Bertz CT molecular complexity index is 1610. The second kappa shape index (κ2) is 19.0. The van der Waals surface area contributed by atoms with Crippen LogP contribution in [0.25, 0.3) is 0 Å². The third-order valence-electron chi connectivity index (χ3n) is 8.50. The van der Waals surface area contributed by atoms with Crippen LogP contribution in [0, 0.1) is 5.92 Å². The van der Waals surface area contributed by atoms with Crippen molar-refractivity contribution in [1.29, 1.82) is 0 Å². The molecule has 4 rings (SSSR count). The Kier molecular flexibility index (Phi) is 15.1. The summed E-state index contributed by atoms with van der Waals surface area (Å²) < 4.78 is 51.0. The van der Waals surface area contributed by atoms with Crippen LogP contribution in [-0.4, -0.2) is 65.9 Å². The number of pyridine rings is 1. The summed E-state index contributed by atoms with van der Waals surface area (Å²) in [6.07, 6.45) is 3.67. The number of likely N-dealkylation sites (tertiary alicyclic amines) is 1. The lowest BCUT2D eigenvalue weighted by Crippen LogP contribution is -2.49. The second-order valence-corrected chi connectivity index (χ2v) is 12.5. The number of nitrogens with two attached hydrogens (primary N) is 2. The van der Waals surface area contributed by atoms with E-state index in [2.05, 4.69) is 35.4 Å². The molecule has 276 valence electrons. The Morgan fingerprint density at radius 3 is 2.35 bits per heavy atom. The number of alkyl halides is 3. The van der Waals surface area contributed by atoms with Crippen molar-refractivity contribution < 1.29 is 32.2 Å². The Hall–Kier alpha value is -4.78. The number of rotatable bonds is 14. The number of ether oxygens (including phenoxy) is 2. The highest BCUT2D eigenvalue weighted by Gasteiger charge is 2.38. The number of aromatic nitrogens is 1. The molecule has 1 aliphatic carbocycles. The number of halogens is 3. The summed E-state index contributed by atoms with van der Waals surface area (Å²) >= 11 is 0. The van der Waals surface area contributed by atoms with E-state index in [9.17, 15) is 22.8 Å². The van der Waals surface area contributed by atoms with Gasteiger partial charge in [0.2, 0.25) is 0 Å². The molecule has 2 fully saturated rings. The summed E-state index contributed by atoms with van der Waals surface area (Å²) in [5.41, 5.74) is 15.1. The maximum Gasteiger partial charge on any atom is 0.433 e. The topological polar surface area (TPSA) is 145 Å². The van der Waals surface area contributed by atoms with Gasteiger partial charge in [0, 0.05) is 47.7 Å². The summed E-state index contributed by atoms with van der Waals surface area (Å²) in [6, 6.07) is 8.31. The summed E-state index contributed by atoms with van der Waals surface area (Å²) in [4.78, 5) is 37.8. The van der Waals surface area contributed by atoms with Crippen LogP contribution in [0.4, 0.5) is 24.5 Å². The smallest absolute Gasteiger partial charge is 0.433 e. The van der Waals surface area contributed by atoms with Crippen LogP contribution in [0.1, 0.15) is 87.3 Å². The lowest BCUT2D eigenvalue weighted by atomic mass is 9.87. The van der Waals surface area contributed by atoms with Gasteiger partial charge in [0.05, 0.1) is 36.2 Å². The zero-order chi connectivity index (χ0) is 37.7. The number of carbonyl (C=O) groups is 2. The molecule has 2 aromatic rings. The number of amides is 1. The van der Waals surface area contributed by atoms with Crippen molar-refractivity contribution in [3.63, 3.8) is 0 Å². The van der Waals surface area contributed by atoms with E-state index in [1.54, 1.807) is 4.90 Å². The first-order valence-electron chi connectivity index (χ1n) is 17.1. The molecule has 0 spiro atoms. The largest absolute Gasteiger partial charge is 0.497 e. The van der Waals surface area contributed by atoms with Gasteiger partial charge in [-0.1, -0.05) is 46.4 Å². The number of anilines is 1. The highest BCUT2D eigenvalue weighted by atomic mass is 19.4. The molecule has 1 aromatic carbocycles. The molecule has 2 aliphatic rings.